The summed E-state index contributed by atoms with van der Waals surface area (Å²) in [6.07, 6.45) is 7.90. The Bertz CT molecular complexity index is 852. The second-order valence-corrected chi connectivity index (χ2v) is 12.2. The van der Waals surface area contributed by atoms with Gasteiger partial charge in [0.15, 0.2) is 0 Å². The Balaban J connectivity index is 1.39. The molecule has 10 atom stereocenters. The fraction of sp³-hybridized carbons (Fsp3) is 0.750. The van der Waals surface area contributed by atoms with Crippen LogP contribution < -0.4 is 0 Å². The zero-order valence-electron chi connectivity index (χ0n) is 19.3. The SMILES string of the molecule is CC(C)[C@@H]1CC[C@@H](C)C[C@H]1OC(=O)[C@@]12[C@H]3C[C@@H]4C[C@H](C3)[C@@H]([C@H]1C4)C2(O)c1ccccc1. The lowest BCUT2D eigenvalue weighted by molar-refractivity contribution is -0.369. The molecular weight excluding hydrogens is 384 g/mol. The molecule has 7 fully saturated rings. The summed E-state index contributed by atoms with van der Waals surface area (Å²) in [5.74, 6) is 3.62. The molecule has 31 heavy (non-hydrogen) atoms. The van der Waals surface area contributed by atoms with Gasteiger partial charge in [-0.05, 0) is 91.4 Å². The Labute approximate surface area is 187 Å². The molecule has 3 nitrogen and oxygen atoms in total. The quantitative estimate of drug-likeness (QED) is 0.646. The van der Waals surface area contributed by atoms with Crippen molar-refractivity contribution in [1.29, 1.82) is 0 Å². The molecule has 0 amide bonds. The minimum atomic E-state index is -1.05. The fourth-order valence-corrected chi connectivity index (χ4v) is 9.44. The summed E-state index contributed by atoms with van der Waals surface area (Å²) in [5, 5.41) is 12.4. The first-order chi connectivity index (χ1) is 14.9. The van der Waals surface area contributed by atoms with Gasteiger partial charge in [-0.2, -0.15) is 0 Å². The van der Waals surface area contributed by atoms with Gasteiger partial charge in [-0.25, -0.2) is 0 Å². The molecule has 0 saturated heterocycles. The predicted molar refractivity (Wildman–Crippen MR) is 120 cm³/mol. The largest absolute Gasteiger partial charge is 0.462 e. The van der Waals surface area contributed by atoms with Crippen molar-refractivity contribution in [3.8, 4) is 0 Å². The minimum absolute atomic E-state index is 0.00175. The van der Waals surface area contributed by atoms with E-state index in [0.717, 1.165) is 43.6 Å². The first-order valence-electron chi connectivity index (χ1n) is 12.9. The standard InChI is InChI=1S/C28H38O3/c1-16(2)22-10-9-17(3)11-24(22)31-26(29)27-21-13-18-12-19(15-21)25(23(27)14-18)28(27,30)20-7-5-4-6-8-20/h4-8,16-19,21-25,30H,9-15H2,1-3H3/t17-,18+,19-,21+,22+,23-,24-,25+,27-,28?/m1/s1. The number of benzene rings is 1. The predicted octanol–water partition coefficient (Wildman–Crippen LogP) is 5.56. The molecule has 0 spiro atoms. The van der Waals surface area contributed by atoms with Crippen LogP contribution >= 0.6 is 0 Å². The Morgan fingerprint density at radius 3 is 2.55 bits per heavy atom. The van der Waals surface area contributed by atoms with Gasteiger partial charge in [-0.1, -0.05) is 57.5 Å². The second-order valence-electron chi connectivity index (χ2n) is 12.2. The molecule has 7 saturated carbocycles. The molecule has 8 rings (SSSR count). The Morgan fingerprint density at radius 2 is 1.84 bits per heavy atom. The average Bonchev–Trinajstić information content (AvgIpc) is 2.73. The molecule has 1 N–H and O–H groups in total. The Morgan fingerprint density at radius 1 is 1.06 bits per heavy atom. The lowest BCUT2D eigenvalue weighted by atomic mass is 9.25. The van der Waals surface area contributed by atoms with E-state index < -0.39 is 11.0 Å². The van der Waals surface area contributed by atoms with Crippen molar-refractivity contribution < 1.29 is 14.6 Å². The average molecular weight is 423 g/mol. The van der Waals surface area contributed by atoms with Gasteiger partial charge in [0.2, 0.25) is 0 Å². The molecule has 168 valence electrons. The van der Waals surface area contributed by atoms with E-state index in [-0.39, 0.29) is 23.9 Å². The lowest BCUT2D eigenvalue weighted by Crippen LogP contribution is -2.82. The highest BCUT2D eigenvalue weighted by molar-refractivity contribution is 5.83. The molecule has 0 aromatic heterocycles. The maximum absolute atomic E-state index is 14.2. The highest BCUT2D eigenvalue weighted by Gasteiger charge is 2.85. The van der Waals surface area contributed by atoms with Crippen LogP contribution in [0.3, 0.4) is 0 Å². The highest BCUT2D eigenvalue weighted by Crippen LogP contribution is 2.81. The summed E-state index contributed by atoms with van der Waals surface area (Å²) in [4.78, 5) is 14.2. The van der Waals surface area contributed by atoms with Crippen molar-refractivity contribution in [2.45, 2.75) is 77.4 Å². The number of hydrogen-bond donors (Lipinski definition) is 1. The van der Waals surface area contributed by atoms with E-state index in [2.05, 4.69) is 20.8 Å². The van der Waals surface area contributed by atoms with Crippen LogP contribution in [0.5, 0.6) is 0 Å². The third-order valence-electron chi connectivity index (χ3n) is 10.5. The fourth-order valence-electron chi connectivity index (χ4n) is 9.44. The van der Waals surface area contributed by atoms with Gasteiger partial charge in [0.1, 0.15) is 17.1 Å². The van der Waals surface area contributed by atoms with Crippen molar-refractivity contribution in [2.75, 3.05) is 0 Å². The van der Waals surface area contributed by atoms with Crippen molar-refractivity contribution in [3.05, 3.63) is 35.9 Å². The van der Waals surface area contributed by atoms with Gasteiger partial charge < -0.3 is 9.84 Å². The molecule has 6 bridgehead atoms. The van der Waals surface area contributed by atoms with Gasteiger partial charge >= 0.3 is 5.97 Å². The maximum Gasteiger partial charge on any atom is 0.316 e. The summed E-state index contributed by atoms with van der Waals surface area (Å²) < 4.78 is 6.52. The van der Waals surface area contributed by atoms with E-state index in [1.807, 2.05) is 30.3 Å². The molecule has 3 heteroatoms. The molecule has 1 aromatic carbocycles. The molecule has 7 aliphatic rings. The number of rotatable bonds is 4. The summed E-state index contributed by atoms with van der Waals surface area (Å²) in [6, 6.07) is 10.1. The molecule has 0 aliphatic heterocycles. The summed E-state index contributed by atoms with van der Waals surface area (Å²) in [6.45, 7) is 6.82. The lowest BCUT2D eigenvalue weighted by Gasteiger charge is -2.78. The number of hydrogen-bond acceptors (Lipinski definition) is 3. The van der Waals surface area contributed by atoms with Crippen LogP contribution in [0.1, 0.15) is 71.3 Å². The van der Waals surface area contributed by atoms with Crippen LogP contribution in [0.4, 0.5) is 0 Å². The Hall–Kier alpha value is -1.35. The van der Waals surface area contributed by atoms with E-state index in [1.165, 1.54) is 12.8 Å². The van der Waals surface area contributed by atoms with Crippen molar-refractivity contribution >= 4 is 5.97 Å². The number of ether oxygens (including phenoxy) is 1. The van der Waals surface area contributed by atoms with Crippen molar-refractivity contribution in [1.82, 2.24) is 0 Å². The monoisotopic (exact) mass is 422 g/mol. The molecule has 1 aromatic rings. The molecule has 0 radical (unpaired) electrons. The van der Waals surface area contributed by atoms with Gasteiger partial charge in [0.05, 0.1) is 0 Å². The van der Waals surface area contributed by atoms with E-state index >= 15 is 0 Å². The van der Waals surface area contributed by atoms with Crippen LogP contribution in [0, 0.1) is 52.8 Å². The number of aliphatic hydroxyl groups is 1. The van der Waals surface area contributed by atoms with Crippen LogP contribution in [0.25, 0.3) is 0 Å². The van der Waals surface area contributed by atoms with Crippen LogP contribution in [0.2, 0.25) is 0 Å². The number of esters is 1. The van der Waals surface area contributed by atoms with Gasteiger partial charge in [0, 0.05) is 0 Å². The summed E-state index contributed by atoms with van der Waals surface area (Å²) in [7, 11) is 0. The maximum atomic E-state index is 14.2. The molecule has 0 heterocycles. The van der Waals surface area contributed by atoms with Crippen LogP contribution in [-0.2, 0) is 15.1 Å². The van der Waals surface area contributed by atoms with E-state index in [9.17, 15) is 9.90 Å². The van der Waals surface area contributed by atoms with E-state index in [4.69, 9.17) is 4.74 Å². The zero-order chi connectivity index (χ0) is 21.5. The van der Waals surface area contributed by atoms with Crippen LogP contribution in [-0.4, -0.2) is 17.2 Å². The van der Waals surface area contributed by atoms with Crippen LogP contribution in [0.15, 0.2) is 30.3 Å². The first-order valence-corrected chi connectivity index (χ1v) is 12.9. The third kappa shape index (κ3) is 2.48. The third-order valence-corrected chi connectivity index (χ3v) is 10.5. The highest BCUT2D eigenvalue weighted by atomic mass is 16.5. The normalized spacial score (nSPS) is 49.7. The Kier molecular flexibility index (Phi) is 4.46. The zero-order valence-corrected chi connectivity index (χ0v) is 19.3. The number of carbonyl (C=O) groups is 1. The molecular formula is C28H38O3. The van der Waals surface area contributed by atoms with E-state index in [0.29, 0.717) is 29.6 Å². The smallest absolute Gasteiger partial charge is 0.316 e. The minimum Gasteiger partial charge on any atom is -0.462 e. The van der Waals surface area contributed by atoms with Gasteiger partial charge in [0.25, 0.3) is 0 Å². The summed E-state index contributed by atoms with van der Waals surface area (Å²) >= 11 is 0. The second kappa shape index (κ2) is 6.83. The summed E-state index contributed by atoms with van der Waals surface area (Å²) in [5.41, 5.74) is -0.835. The number of carbonyl (C=O) groups excluding carboxylic acids is 1. The topological polar surface area (TPSA) is 46.5 Å². The van der Waals surface area contributed by atoms with Crippen molar-refractivity contribution in [2.24, 2.45) is 52.8 Å². The van der Waals surface area contributed by atoms with E-state index in [1.54, 1.807) is 0 Å². The first kappa shape index (κ1) is 20.3. The van der Waals surface area contributed by atoms with Gasteiger partial charge in [-0.15, -0.1) is 0 Å². The van der Waals surface area contributed by atoms with Gasteiger partial charge in [-0.3, -0.25) is 4.79 Å². The molecule has 1 unspecified atom stereocenters. The van der Waals surface area contributed by atoms with Crippen molar-refractivity contribution in [3.63, 3.8) is 0 Å². The molecule has 7 aliphatic carbocycles.